The number of methoxy groups -OCH3 is 3. The molecule has 4 aromatic rings. The van der Waals surface area contributed by atoms with Crippen molar-refractivity contribution in [3.63, 3.8) is 0 Å². The molecule has 4 fully saturated rings. The van der Waals surface area contributed by atoms with Crippen molar-refractivity contribution in [1.29, 1.82) is 5.41 Å². The molecule has 2 aromatic carbocycles. The molecule has 0 bridgehead atoms. The summed E-state index contributed by atoms with van der Waals surface area (Å²) < 4.78 is 26.1. The lowest BCUT2D eigenvalue weighted by atomic mass is 10.0. The molecule has 2 aliphatic carbocycles. The summed E-state index contributed by atoms with van der Waals surface area (Å²) in [7, 11) is 4.12. The zero-order valence-electron chi connectivity index (χ0n) is 39.4. The Labute approximate surface area is 428 Å². The lowest BCUT2D eigenvalue weighted by Gasteiger charge is -2.25. The van der Waals surface area contributed by atoms with E-state index in [0.717, 1.165) is 48.7 Å². The SMILES string of the molecule is CCCNc1ccc(N2C[C@H](CNC(=O)c3ccc(Cl)s3)OC2=O)cc1.COC(=N)C1(C(=O)OC)CC1.COC(=O)C1(C2=NCCN2c2ccc(N3C[C@H](CNC(=O)c4ccc(Cl)s4)OC3=O)cc2)CC1. The van der Waals surface area contributed by atoms with Crippen LogP contribution in [0.5, 0.6) is 0 Å². The molecular weight excluding hydrogens is 1000 g/mol. The van der Waals surface area contributed by atoms with Gasteiger partial charge in [-0.05, 0) is 105 Å². The molecule has 19 nitrogen and oxygen atoms in total. The zero-order chi connectivity index (χ0) is 50.9. The van der Waals surface area contributed by atoms with Crippen molar-refractivity contribution in [2.75, 3.05) is 87.2 Å². The number of esters is 2. The highest BCUT2D eigenvalue weighted by Crippen LogP contribution is 2.50. The number of ether oxygens (including phenoxy) is 5. The van der Waals surface area contributed by atoms with E-state index in [1.54, 1.807) is 34.1 Å². The number of hydrogen-bond donors (Lipinski definition) is 4. The maximum Gasteiger partial charge on any atom is 0.414 e. The summed E-state index contributed by atoms with van der Waals surface area (Å²) in [5.41, 5.74) is 2.02. The number of amidine groups is 1. The second-order valence-electron chi connectivity index (χ2n) is 16.9. The Morgan fingerprint density at radius 3 is 1.59 bits per heavy atom. The number of amides is 4. The molecule has 4 N–H and O–H groups in total. The normalized spacial score (nSPS) is 18.8. The summed E-state index contributed by atoms with van der Waals surface area (Å²) in [6.07, 6.45) is 2.16. The van der Waals surface area contributed by atoms with E-state index in [0.29, 0.717) is 63.1 Å². The summed E-state index contributed by atoms with van der Waals surface area (Å²) in [5, 5.41) is 16.2. The number of aliphatic imine (C=N–C) groups is 1. The fourth-order valence-electron chi connectivity index (χ4n) is 7.97. The Hall–Kier alpha value is -6.42. The number of nitrogens with zero attached hydrogens (tertiary/aromatic N) is 4. The number of hydrogen-bond acceptors (Lipinski definition) is 17. The highest BCUT2D eigenvalue weighted by atomic mass is 35.5. The molecule has 378 valence electrons. The van der Waals surface area contributed by atoms with Crippen LogP contribution in [0.4, 0.5) is 32.3 Å². The second kappa shape index (κ2) is 23.2. The molecule has 2 saturated heterocycles. The number of anilines is 4. The first-order valence-electron chi connectivity index (χ1n) is 22.7. The van der Waals surface area contributed by atoms with Crippen molar-refractivity contribution in [1.82, 2.24) is 10.6 Å². The topological polar surface area (TPSA) is 231 Å². The largest absolute Gasteiger partial charge is 0.484 e. The number of rotatable bonds is 16. The first-order chi connectivity index (χ1) is 34.1. The highest BCUT2D eigenvalue weighted by molar-refractivity contribution is 7.18. The molecule has 23 heteroatoms. The van der Waals surface area contributed by atoms with Gasteiger partial charge in [0.25, 0.3) is 11.8 Å². The quantitative estimate of drug-likeness (QED) is 0.0363. The van der Waals surface area contributed by atoms with Gasteiger partial charge in [-0.3, -0.25) is 39.4 Å². The van der Waals surface area contributed by atoms with Gasteiger partial charge < -0.3 is 44.5 Å². The molecule has 3 aliphatic heterocycles. The van der Waals surface area contributed by atoms with Crippen molar-refractivity contribution in [2.45, 2.75) is 51.2 Å². The Bertz CT molecular complexity index is 2620. The standard InChI is InChI=1S/C23H23ClN4O5S.C18H20ClN3O3S.C7H11NO3/c1-32-21(30)23(8-9-23)20-25-10-11-27(20)14-2-4-15(5-3-14)28-13-16(33-22(28)31)12-26-19(29)17-6-7-18(24)34-17;1-2-9-20-12-3-5-13(6-4-12)22-11-14(25-18(22)24)10-21-17(23)15-7-8-16(19)26-15;1-10-5(8)7(3-4-7)6(9)11-2/h2-7,16H,8-13H2,1H3,(H,26,29);3-8,14,20H,2,9-11H2,1H3,(H,21,23);8H,3-4H2,1-2H3/t16-;14-;/m00./s1. The van der Waals surface area contributed by atoms with E-state index in [9.17, 15) is 28.8 Å². The number of benzene rings is 2. The lowest BCUT2D eigenvalue weighted by molar-refractivity contribution is -0.145. The summed E-state index contributed by atoms with van der Waals surface area (Å²) in [4.78, 5) is 83.0. The fourth-order valence-corrected chi connectivity index (χ4v) is 9.88. The van der Waals surface area contributed by atoms with Crippen LogP contribution in [0.25, 0.3) is 0 Å². The third kappa shape index (κ3) is 12.4. The van der Waals surface area contributed by atoms with Crippen molar-refractivity contribution in [3.8, 4) is 0 Å². The van der Waals surface area contributed by atoms with Gasteiger partial charge in [-0.2, -0.15) is 0 Å². The van der Waals surface area contributed by atoms with Crippen LogP contribution in [-0.4, -0.2) is 127 Å². The zero-order valence-corrected chi connectivity index (χ0v) is 42.6. The van der Waals surface area contributed by atoms with E-state index >= 15 is 0 Å². The minimum atomic E-state index is -0.733. The molecule has 0 unspecified atom stereocenters. The molecule has 2 saturated carbocycles. The number of thiophene rings is 2. The van der Waals surface area contributed by atoms with Gasteiger partial charge in [0, 0.05) is 35.8 Å². The van der Waals surface area contributed by atoms with Gasteiger partial charge in [0.15, 0.2) is 5.90 Å². The number of cyclic esters (lactones) is 2. The monoisotopic (exact) mass is 1050 g/mol. The van der Waals surface area contributed by atoms with Crippen LogP contribution in [0.2, 0.25) is 8.67 Å². The van der Waals surface area contributed by atoms with Crippen LogP contribution < -0.4 is 30.7 Å². The van der Waals surface area contributed by atoms with Crippen LogP contribution >= 0.6 is 45.9 Å². The first-order valence-corrected chi connectivity index (χ1v) is 25.1. The summed E-state index contributed by atoms with van der Waals surface area (Å²) >= 11 is 14.1. The molecule has 2 aromatic heterocycles. The van der Waals surface area contributed by atoms with E-state index in [1.807, 2.05) is 53.4 Å². The Balaban J connectivity index is 0.000000176. The van der Waals surface area contributed by atoms with E-state index in [-0.39, 0.29) is 48.8 Å². The molecular formula is C48H54Cl2N8O11S2. The average Bonchev–Trinajstić information content (AvgIpc) is 3.97. The average molecular weight is 1050 g/mol. The van der Waals surface area contributed by atoms with Crippen molar-refractivity contribution in [2.24, 2.45) is 15.8 Å². The van der Waals surface area contributed by atoms with Gasteiger partial charge in [0.05, 0.1) is 72.5 Å². The van der Waals surface area contributed by atoms with E-state index < -0.39 is 29.1 Å². The minimum Gasteiger partial charge on any atom is -0.484 e. The number of carbonyl (C=O) groups is 6. The smallest absolute Gasteiger partial charge is 0.414 e. The maximum absolute atomic E-state index is 12.4. The Kier molecular flexibility index (Phi) is 17.1. The molecule has 4 amide bonds. The number of nitrogens with one attached hydrogen (secondary N) is 4. The number of carbonyl (C=O) groups excluding carboxylic acids is 6. The summed E-state index contributed by atoms with van der Waals surface area (Å²) in [6.45, 7) is 5.51. The van der Waals surface area contributed by atoms with Crippen LogP contribution in [0.3, 0.4) is 0 Å². The summed E-state index contributed by atoms with van der Waals surface area (Å²) in [6, 6.07) is 21.8. The van der Waals surface area contributed by atoms with Crippen molar-refractivity contribution >= 4 is 116 Å². The molecule has 9 rings (SSSR count). The third-order valence-corrected chi connectivity index (χ3v) is 14.6. The van der Waals surface area contributed by atoms with Gasteiger partial charge in [-0.25, -0.2) is 9.59 Å². The van der Waals surface area contributed by atoms with E-state index in [4.69, 9.17) is 42.8 Å². The molecule has 5 heterocycles. The van der Waals surface area contributed by atoms with Gasteiger partial charge in [0.1, 0.15) is 28.9 Å². The summed E-state index contributed by atoms with van der Waals surface area (Å²) in [5.74, 6) is -0.291. The fraction of sp³-hybridized carbons (Fsp3) is 0.417. The number of halogens is 2. The van der Waals surface area contributed by atoms with Crippen LogP contribution in [-0.2, 0) is 33.3 Å². The second-order valence-corrected chi connectivity index (χ2v) is 20.3. The van der Waals surface area contributed by atoms with Gasteiger partial charge >= 0.3 is 24.1 Å². The first kappa shape index (κ1) is 52.4. The lowest BCUT2D eigenvalue weighted by Crippen LogP contribution is -2.39. The Morgan fingerprint density at radius 1 is 0.704 bits per heavy atom. The maximum atomic E-state index is 12.4. The van der Waals surface area contributed by atoms with E-state index in [2.05, 4.69) is 37.3 Å². The molecule has 71 heavy (non-hydrogen) atoms. The van der Waals surface area contributed by atoms with Crippen LogP contribution in [0.1, 0.15) is 58.4 Å². The predicted octanol–water partition coefficient (Wildman–Crippen LogP) is 7.87. The molecule has 0 radical (unpaired) electrons. The highest BCUT2D eigenvalue weighted by Gasteiger charge is 2.58. The van der Waals surface area contributed by atoms with Crippen molar-refractivity contribution < 1.29 is 52.5 Å². The van der Waals surface area contributed by atoms with Crippen LogP contribution in [0.15, 0.2) is 77.8 Å². The predicted molar refractivity (Wildman–Crippen MR) is 272 cm³/mol. The van der Waals surface area contributed by atoms with E-state index in [1.165, 1.54) is 44.0 Å². The van der Waals surface area contributed by atoms with Crippen LogP contribution in [0, 0.1) is 16.2 Å². The molecule has 0 spiro atoms. The Morgan fingerprint density at radius 2 is 1.18 bits per heavy atom. The minimum absolute atomic E-state index is 0.0179. The third-order valence-electron chi connectivity index (χ3n) is 12.1. The van der Waals surface area contributed by atoms with Gasteiger partial charge in [0.2, 0.25) is 0 Å². The van der Waals surface area contributed by atoms with Crippen molar-refractivity contribution in [3.05, 3.63) is 91.2 Å². The van der Waals surface area contributed by atoms with Gasteiger partial charge in [-0.1, -0.05) is 30.1 Å². The van der Waals surface area contributed by atoms with Gasteiger partial charge in [-0.15, -0.1) is 22.7 Å². The molecule has 2 atom stereocenters. The molecule has 5 aliphatic rings.